The minimum atomic E-state index is -1.36. The Morgan fingerprint density at radius 3 is 2.52 bits per heavy atom. The van der Waals surface area contributed by atoms with E-state index in [2.05, 4.69) is 61.9 Å². The fourth-order valence-corrected chi connectivity index (χ4v) is 9.27. The Morgan fingerprint density at radius 1 is 1.17 bits per heavy atom. The van der Waals surface area contributed by atoms with Gasteiger partial charge in [-0.1, -0.05) is 65.6 Å². The number of carboxylic acids is 1. The largest absolute Gasteiger partial charge is 1.00 e. The molecule has 4 atom stereocenters. The second-order valence-electron chi connectivity index (χ2n) is 10.7. The molecule has 7 rings (SSSR count). The number of nitrogens with zero attached hydrogens (tertiary/aromatic N) is 5. The summed E-state index contributed by atoms with van der Waals surface area (Å²) in [5.41, 5.74) is 2.97. The van der Waals surface area contributed by atoms with Crippen molar-refractivity contribution in [3.8, 4) is 0 Å². The van der Waals surface area contributed by atoms with Crippen molar-refractivity contribution >= 4 is 61.5 Å². The number of aliphatic carboxylic acids is 1. The molecule has 4 aromatic heterocycles. The van der Waals surface area contributed by atoms with Crippen molar-refractivity contribution in [3.05, 3.63) is 82.6 Å². The number of hydrogen-bond donors (Lipinski definition) is 1. The van der Waals surface area contributed by atoms with Gasteiger partial charge < -0.3 is 36.9 Å². The highest BCUT2D eigenvalue weighted by Gasteiger charge is 2.59. The highest BCUT2D eigenvalue weighted by Crippen LogP contribution is 2.51. The van der Waals surface area contributed by atoms with Crippen LogP contribution in [-0.2, 0) is 22.7 Å². The van der Waals surface area contributed by atoms with Crippen LogP contribution < -0.4 is 31.2 Å². The van der Waals surface area contributed by atoms with Gasteiger partial charge in [-0.05, 0) is 24.3 Å². The number of thiazole rings is 2. The van der Waals surface area contributed by atoms with Crippen LogP contribution in [0.15, 0.2) is 71.6 Å². The van der Waals surface area contributed by atoms with Gasteiger partial charge in [0.15, 0.2) is 0 Å². The average molecular weight is 687 g/mol. The van der Waals surface area contributed by atoms with E-state index >= 15 is 0 Å². The molecule has 9 nitrogen and oxygen atoms in total. The third kappa shape index (κ3) is 4.53. The smallest absolute Gasteiger partial charge is 0.250 e. The number of halogens is 1. The van der Waals surface area contributed by atoms with Crippen molar-refractivity contribution in [2.75, 3.05) is 6.26 Å². The van der Waals surface area contributed by atoms with Gasteiger partial charge in [-0.15, -0.1) is 0 Å². The lowest BCUT2D eigenvalue weighted by Crippen LogP contribution is -3.00. The molecule has 6 heterocycles. The van der Waals surface area contributed by atoms with Crippen LogP contribution in [0, 0.1) is 11.8 Å². The number of fused-ring (bicyclic) bond motifs is 3. The lowest BCUT2D eigenvalue weighted by atomic mass is 9.77. The maximum atomic E-state index is 12.7. The summed E-state index contributed by atoms with van der Waals surface area (Å²) in [4.78, 5) is 29.3. The van der Waals surface area contributed by atoms with Crippen LogP contribution in [0.2, 0.25) is 0 Å². The predicted molar refractivity (Wildman–Crippen MR) is 154 cm³/mol. The molecule has 5 aromatic rings. The second-order valence-corrected chi connectivity index (χ2v) is 13.5. The van der Waals surface area contributed by atoms with Gasteiger partial charge in [-0.25, -0.2) is 9.13 Å². The van der Waals surface area contributed by atoms with Crippen molar-refractivity contribution < 1.29 is 45.9 Å². The zero-order valence-corrected chi connectivity index (χ0v) is 27.0. The van der Waals surface area contributed by atoms with Gasteiger partial charge in [0.25, 0.3) is 6.33 Å². The minimum absolute atomic E-state index is 0. The monoisotopic (exact) mass is 685 g/mol. The van der Waals surface area contributed by atoms with Crippen molar-refractivity contribution in [3.63, 3.8) is 0 Å². The normalized spacial score (nSPS) is 20.7. The van der Waals surface area contributed by atoms with Gasteiger partial charge in [0.2, 0.25) is 26.9 Å². The number of aromatic nitrogens is 4. The fraction of sp³-hybridized carbons (Fsp3) is 0.310. The van der Waals surface area contributed by atoms with Crippen LogP contribution in [0.5, 0.6) is 0 Å². The SMILES string of the molecule is CSc1c2sc(C3=C(C(=O)[O-])N4C(=O)[C@H]([C@@H](C)O)[C@H]4[C@H]3C)cn2c[n+]1Cc1ccc(C[n+]2cc3sccn3c2)cc1.[Br-]. The van der Waals surface area contributed by atoms with E-state index in [1.807, 2.05) is 30.1 Å². The van der Waals surface area contributed by atoms with E-state index in [0.29, 0.717) is 12.1 Å². The number of carboxylic acid groups (broad SMARTS) is 1. The molecule has 0 bridgehead atoms. The number of rotatable bonds is 8. The van der Waals surface area contributed by atoms with E-state index in [-0.39, 0.29) is 40.5 Å². The molecule has 1 aromatic carbocycles. The van der Waals surface area contributed by atoms with Crippen LogP contribution >= 0.6 is 34.4 Å². The first-order valence-corrected chi connectivity index (χ1v) is 16.2. The minimum Gasteiger partial charge on any atom is -1.00 e. The zero-order chi connectivity index (χ0) is 28.6. The molecule has 0 saturated carbocycles. The molecule has 218 valence electrons. The van der Waals surface area contributed by atoms with Crippen LogP contribution in [0.4, 0.5) is 0 Å². The van der Waals surface area contributed by atoms with Crippen LogP contribution in [0.3, 0.4) is 0 Å². The number of hydrogen-bond acceptors (Lipinski definition) is 7. The van der Waals surface area contributed by atoms with E-state index in [9.17, 15) is 19.8 Å². The highest BCUT2D eigenvalue weighted by atomic mass is 79.9. The zero-order valence-electron chi connectivity index (χ0n) is 23.0. The molecule has 0 unspecified atom stereocenters. The molecular formula is C29H28BrN5O4S3. The molecule has 2 aliphatic heterocycles. The van der Waals surface area contributed by atoms with E-state index in [1.54, 1.807) is 30.0 Å². The molecular weight excluding hydrogens is 658 g/mol. The van der Waals surface area contributed by atoms with Gasteiger partial charge in [0, 0.05) is 16.9 Å². The molecule has 0 spiro atoms. The maximum Gasteiger partial charge on any atom is 0.250 e. The second kappa shape index (κ2) is 10.9. The van der Waals surface area contributed by atoms with E-state index < -0.39 is 18.0 Å². The Hall–Kier alpha value is -2.97. The number of amides is 1. The van der Waals surface area contributed by atoms with Crippen LogP contribution in [0.25, 0.3) is 15.2 Å². The van der Waals surface area contributed by atoms with Gasteiger partial charge in [-0.3, -0.25) is 4.79 Å². The number of imidazole rings is 2. The molecule has 2 aliphatic rings. The molecule has 0 aliphatic carbocycles. The fourth-order valence-electron chi connectivity index (χ4n) is 6.33. The molecule has 1 fully saturated rings. The van der Waals surface area contributed by atoms with Crippen molar-refractivity contribution in [1.29, 1.82) is 0 Å². The topological polar surface area (TPSA) is 97.2 Å². The Labute approximate surface area is 264 Å². The van der Waals surface area contributed by atoms with Gasteiger partial charge in [0.05, 0.1) is 34.6 Å². The maximum absolute atomic E-state index is 12.7. The Balaban J connectivity index is 0.00000316. The van der Waals surface area contributed by atoms with Crippen molar-refractivity contribution in [2.45, 2.75) is 44.1 Å². The standard InChI is InChI=1S/C29H28N5O4S3.BrH/c1-16-22(25(29(37)38)34-24(16)23(17(2)35)26(34)36)20-12-33-15-32(27(39-3)28(33)41-20)11-19-6-4-18(5-7-19)10-30-13-21-31(14-30)8-9-40-21;/h4-9,12-17,23-24,35H,10-11H2,1-3H3;1H/q+1;/p-1/t16-,17+,23+,24+;/m0./s1. The molecule has 13 heteroatoms. The molecule has 0 radical (unpaired) electrons. The highest BCUT2D eigenvalue weighted by molar-refractivity contribution is 7.98. The van der Waals surface area contributed by atoms with E-state index in [4.69, 9.17) is 0 Å². The summed E-state index contributed by atoms with van der Waals surface area (Å²) in [6.07, 6.45) is 11.5. The first kappa shape index (κ1) is 29.1. The number of β-lactam (4-membered cyclic amide) rings is 1. The number of carbonyl (C=O) groups excluding carboxylic acids is 2. The van der Waals surface area contributed by atoms with Gasteiger partial charge in [0.1, 0.15) is 31.7 Å². The summed E-state index contributed by atoms with van der Waals surface area (Å²) < 4.78 is 8.56. The lowest BCUT2D eigenvalue weighted by molar-refractivity contribution is -0.721. The summed E-state index contributed by atoms with van der Waals surface area (Å²) in [6.45, 7) is 5.03. The third-order valence-corrected chi connectivity index (χ3v) is 11.1. The van der Waals surface area contributed by atoms with Crippen molar-refractivity contribution in [1.82, 2.24) is 13.7 Å². The summed E-state index contributed by atoms with van der Waals surface area (Å²) in [5.74, 6) is -2.54. The van der Waals surface area contributed by atoms with Crippen molar-refractivity contribution in [2.24, 2.45) is 11.8 Å². The van der Waals surface area contributed by atoms with E-state index in [0.717, 1.165) is 21.3 Å². The Bertz CT molecular complexity index is 1840. The first-order chi connectivity index (χ1) is 19.7. The number of carbonyl (C=O) groups is 2. The number of aliphatic hydroxyl groups excluding tert-OH is 1. The molecule has 1 amide bonds. The quantitative estimate of drug-likeness (QED) is 0.129. The average Bonchev–Trinajstić information content (AvgIpc) is 3.71. The third-order valence-electron chi connectivity index (χ3n) is 8.18. The van der Waals surface area contributed by atoms with Crippen LogP contribution in [-0.4, -0.2) is 49.1 Å². The van der Waals surface area contributed by atoms with Crippen LogP contribution in [0.1, 0.15) is 29.9 Å². The molecule has 1 saturated heterocycles. The lowest BCUT2D eigenvalue weighted by Gasteiger charge is -2.47. The summed E-state index contributed by atoms with van der Waals surface area (Å²) >= 11 is 4.89. The van der Waals surface area contributed by atoms with E-state index in [1.165, 1.54) is 32.2 Å². The summed E-state index contributed by atoms with van der Waals surface area (Å²) in [7, 11) is 0. The summed E-state index contributed by atoms with van der Waals surface area (Å²) in [6, 6.07) is 8.31. The molecule has 42 heavy (non-hydrogen) atoms. The summed E-state index contributed by atoms with van der Waals surface area (Å²) in [5, 5.41) is 25.5. The number of aliphatic hydroxyl groups is 1. The molecule has 1 N–H and O–H groups in total. The Morgan fingerprint density at radius 2 is 1.88 bits per heavy atom. The number of benzene rings is 1. The van der Waals surface area contributed by atoms with Gasteiger partial charge in [-0.2, -0.15) is 8.80 Å². The number of thioether (sulfide) groups is 1. The first-order valence-electron chi connectivity index (χ1n) is 13.3. The predicted octanol–water partition coefficient (Wildman–Crippen LogP) is -0.969. The van der Waals surface area contributed by atoms with Gasteiger partial charge >= 0.3 is 0 Å². The Kier molecular flexibility index (Phi) is 7.59.